The zero-order valence-electron chi connectivity index (χ0n) is 10.5. The van der Waals surface area contributed by atoms with Crippen LogP contribution in [-0.4, -0.2) is 29.3 Å². The summed E-state index contributed by atoms with van der Waals surface area (Å²) in [4.78, 5) is 6.64. The van der Waals surface area contributed by atoms with E-state index in [2.05, 4.69) is 22.9 Å². The number of nitrogens with two attached hydrogens (primary N) is 1. The number of hydrogen-bond acceptors (Lipinski definition) is 4. The highest BCUT2D eigenvalue weighted by Crippen LogP contribution is 2.23. The highest BCUT2D eigenvalue weighted by atomic mass is 16.3. The lowest BCUT2D eigenvalue weighted by molar-refractivity contribution is 0.0971. The Labute approximate surface area is 102 Å². The molecule has 0 radical (unpaired) electrons. The minimum Gasteiger partial charge on any atom is -0.393 e. The van der Waals surface area contributed by atoms with E-state index in [-0.39, 0.29) is 12.1 Å². The first-order valence-electron chi connectivity index (χ1n) is 6.22. The Morgan fingerprint density at radius 2 is 2.29 bits per heavy atom. The Bertz CT molecular complexity index is 363. The van der Waals surface area contributed by atoms with Crippen molar-refractivity contribution < 1.29 is 5.11 Å². The molecule has 0 spiro atoms. The molecular formula is C13H21N3O. The molecule has 3 N–H and O–H groups in total. The van der Waals surface area contributed by atoms with Crippen molar-refractivity contribution in [3.8, 4) is 0 Å². The van der Waals surface area contributed by atoms with E-state index in [9.17, 15) is 5.11 Å². The molecule has 1 aliphatic heterocycles. The van der Waals surface area contributed by atoms with Crippen molar-refractivity contribution in [1.29, 1.82) is 0 Å². The highest BCUT2D eigenvalue weighted by Gasteiger charge is 2.24. The topological polar surface area (TPSA) is 62.4 Å². The molecule has 4 nitrogen and oxygen atoms in total. The number of aliphatic hydroxyl groups excluding tert-OH is 1. The molecule has 17 heavy (non-hydrogen) atoms. The minimum absolute atomic E-state index is 0.0221. The summed E-state index contributed by atoms with van der Waals surface area (Å²) in [7, 11) is 0. The molecular weight excluding hydrogens is 214 g/mol. The molecule has 2 heterocycles. The molecule has 94 valence electrons. The van der Waals surface area contributed by atoms with Crippen LogP contribution in [-0.2, 0) is 0 Å². The van der Waals surface area contributed by atoms with Gasteiger partial charge in [0.1, 0.15) is 0 Å². The molecule has 2 rings (SSSR count). The van der Waals surface area contributed by atoms with Gasteiger partial charge < -0.3 is 15.7 Å². The van der Waals surface area contributed by atoms with Crippen LogP contribution in [0.25, 0.3) is 0 Å². The van der Waals surface area contributed by atoms with E-state index in [1.54, 1.807) is 0 Å². The Morgan fingerprint density at radius 3 is 2.82 bits per heavy atom. The van der Waals surface area contributed by atoms with Gasteiger partial charge in [-0.05, 0) is 31.4 Å². The van der Waals surface area contributed by atoms with Gasteiger partial charge in [0.25, 0.3) is 0 Å². The van der Waals surface area contributed by atoms with Crippen LogP contribution in [0.15, 0.2) is 18.3 Å². The van der Waals surface area contributed by atoms with Gasteiger partial charge in [-0.1, -0.05) is 6.92 Å². The summed E-state index contributed by atoms with van der Waals surface area (Å²) in [5.41, 5.74) is 7.81. The van der Waals surface area contributed by atoms with Gasteiger partial charge in [-0.15, -0.1) is 0 Å². The molecule has 3 atom stereocenters. The van der Waals surface area contributed by atoms with Gasteiger partial charge in [0.2, 0.25) is 0 Å². The fraction of sp³-hybridized carbons (Fsp3) is 0.615. The van der Waals surface area contributed by atoms with Crippen LogP contribution in [0.1, 0.15) is 32.0 Å². The summed E-state index contributed by atoms with van der Waals surface area (Å²) in [5.74, 6) is 0.317. The summed E-state index contributed by atoms with van der Waals surface area (Å²) < 4.78 is 0. The van der Waals surface area contributed by atoms with E-state index < -0.39 is 0 Å². The van der Waals surface area contributed by atoms with E-state index in [1.807, 2.05) is 19.2 Å². The third-order valence-corrected chi connectivity index (χ3v) is 3.46. The molecule has 0 amide bonds. The summed E-state index contributed by atoms with van der Waals surface area (Å²) in [5, 5.41) is 9.70. The first-order chi connectivity index (χ1) is 8.08. The van der Waals surface area contributed by atoms with Gasteiger partial charge in [-0.2, -0.15) is 0 Å². The van der Waals surface area contributed by atoms with Gasteiger partial charge in [-0.25, -0.2) is 0 Å². The average Bonchev–Trinajstić information content (AvgIpc) is 2.33. The number of rotatable bonds is 2. The molecule has 0 saturated carbocycles. The van der Waals surface area contributed by atoms with E-state index in [1.165, 1.54) is 0 Å². The predicted molar refractivity (Wildman–Crippen MR) is 68.8 cm³/mol. The van der Waals surface area contributed by atoms with Crippen molar-refractivity contribution in [3.05, 3.63) is 24.0 Å². The predicted octanol–water partition coefficient (Wildman–Crippen LogP) is 1.31. The quantitative estimate of drug-likeness (QED) is 0.811. The number of nitrogens with zero attached hydrogens (tertiary/aromatic N) is 2. The van der Waals surface area contributed by atoms with Crippen LogP contribution < -0.4 is 10.6 Å². The number of aromatic nitrogens is 1. The smallest absolute Gasteiger partial charge is 0.0599 e. The van der Waals surface area contributed by atoms with E-state index in [0.29, 0.717) is 5.92 Å². The van der Waals surface area contributed by atoms with Crippen LogP contribution >= 0.6 is 0 Å². The summed E-state index contributed by atoms with van der Waals surface area (Å²) in [6.45, 7) is 5.80. The molecule has 1 aliphatic rings. The van der Waals surface area contributed by atoms with Crippen molar-refractivity contribution in [2.45, 2.75) is 32.4 Å². The van der Waals surface area contributed by atoms with Crippen molar-refractivity contribution in [2.24, 2.45) is 11.7 Å². The van der Waals surface area contributed by atoms with Gasteiger partial charge in [0, 0.05) is 19.1 Å². The van der Waals surface area contributed by atoms with Gasteiger partial charge in [0.15, 0.2) is 0 Å². The van der Waals surface area contributed by atoms with Crippen LogP contribution in [0.5, 0.6) is 0 Å². The average molecular weight is 235 g/mol. The molecule has 0 bridgehead atoms. The van der Waals surface area contributed by atoms with Crippen molar-refractivity contribution >= 4 is 5.69 Å². The van der Waals surface area contributed by atoms with E-state index in [4.69, 9.17) is 5.73 Å². The molecule has 0 aromatic carbocycles. The number of hydrogen-bond donors (Lipinski definition) is 2. The molecule has 1 aromatic heterocycles. The first-order valence-corrected chi connectivity index (χ1v) is 6.22. The fourth-order valence-corrected chi connectivity index (χ4v) is 2.22. The van der Waals surface area contributed by atoms with Crippen LogP contribution in [0, 0.1) is 5.92 Å². The molecule has 1 fully saturated rings. The van der Waals surface area contributed by atoms with Crippen molar-refractivity contribution in [2.75, 3.05) is 18.0 Å². The molecule has 1 aromatic rings. The molecule has 2 unspecified atom stereocenters. The summed E-state index contributed by atoms with van der Waals surface area (Å²) in [6, 6.07) is 4.03. The molecule has 1 saturated heterocycles. The second-order valence-corrected chi connectivity index (χ2v) is 5.01. The third-order valence-electron chi connectivity index (χ3n) is 3.46. The summed E-state index contributed by atoms with van der Waals surface area (Å²) >= 11 is 0. The zero-order valence-corrected chi connectivity index (χ0v) is 10.5. The lowest BCUT2D eigenvalue weighted by Gasteiger charge is -2.35. The SMILES string of the molecule is CC1CN(c2ccc([C@H](C)N)nc2)CCC1O. The Kier molecular flexibility index (Phi) is 3.64. The monoisotopic (exact) mass is 235 g/mol. The third kappa shape index (κ3) is 2.76. The van der Waals surface area contributed by atoms with Crippen LogP contribution in [0.2, 0.25) is 0 Å². The van der Waals surface area contributed by atoms with E-state index >= 15 is 0 Å². The zero-order chi connectivity index (χ0) is 12.4. The maximum absolute atomic E-state index is 9.70. The number of piperidine rings is 1. The Hall–Kier alpha value is -1.13. The number of aliphatic hydroxyl groups is 1. The lowest BCUT2D eigenvalue weighted by Crippen LogP contribution is -2.42. The van der Waals surface area contributed by atoms with Gasteiger partial charge in [-0.3, -0.25) is 4.98 Å². The second-order valence-electron chi connectivity index (χ2n) is 5.01. The van der Waals surface area contributed by atoms with Crippen molar-refractivity contribution in [1.82, 2.24) is 4.98 Å². The maximum Gasteiger partial charge on any atom is 0.0599 e. The number of pyridine rings is 1. The fourth-order valence-electron chi connectivity index (χ4n) is 2.22. The molecule has 4 heteroatoms. The summed E-state index contributed by atoms with van der Waals surface area (Å²) in [6.07, 6.45) is 2.54. The molecule has 0 aliphatic carbocycles. The second kappa shape index (κ2) is 5.02. The van der Waals surface area contributed by atoms with E-state index in [0.717, 1.165) is 30.9 Å². The minimum atomic E-state index is -0.164. The van der Waals surface area contributed by atoms with Gasteiger partial charge >= 0.3 is 0 Å². The largest absolute Gasteiger partial charge is 0.393 e. The first kappa shape index (κ1) is 12.3. The van der Waals surface area contributed by atoms with Gasteiger partial charge in [0.05, 0.1) is 23.7 Å². The van der Waals surface area contributed by atoms with Crippen LogP contribution in [0.4, 0.5) is 5.69 Å². The normalized spacial score (nSPS) is 26.9. The Balaban J connectivity index is 2.07. The highest BCUT2D eigenvalue weighted by molar-refractivity contribution is 5.45. The Morgan fingerprint density at radius 1 is 1.53 bits per heavy atom. The van der Waals surface area contributed by atoms with Crippen molar-refractivity contribution in [3.63, 3.8) is 0 Å². The van der Waals surface area contributed by atoms with Crippen LogP contribution in [0.3, 0.4) is 0 Å². The standard InChI is InChI=1S/C13H21N3O/c1-9-8-16(6-5-13(9)17)11-3-4-12(10(2)14)15-7-11/h3-4,7,9-10,13,17H,5-6,8,14H2,1-2H3/t9?,10-,13?/m0/s1. The maximum atomic E-state index is 9.70. The number of anilines is 1. The lowest BCUT2D eigenvalue weighted by atomic mass is 9.96.